The fourth-order valence-electron chi connectivity index (χ4n) is 2.34. The minimum Gasteiger partial charge on any atom is -0.493 e. The Morgan fingerprint density at radius 3 is 2.38 bits per heavy atom. The van der Waals surface area contributed by atoms with Crippen molar-refractivity contribution in [2.45, 2.75) is 33.7 Å². The van der Waals surface area contributed by atoms with Gasteiger partial charge in [-0.15, -0.1) is 0 Å². The molecular weight excluding hydrogens is 342 g/mol. The third-order valence-electron chi connectivity index (χ3n) is 3.46. The molecule has 9 nitrogen and oxygen atoms in total. The Kier molecular flexibility index (Phi) is 7.82. The summed E-state index contributed by atoms with van der Waals surface area (Å²) in [5.41, 5.74) is -0.559. The van der Waals surface area contributed by atoms with Gasteiger partial charge in [0.1, 0.15) is 5.56 Å². The van der Waals surface area contributed by atoms with Gasteiger partial charge in [-0.25, -0.2) is 0 Å². The van der Waals surface area contributed by atoms with Crippen LogP contribution in [-0.2, 0) is 4.79 Å². The van der Waals surface area contributed by atoms with Gasteiger partial charge in [0.2, 0.25) is 5.91 Å². The maximum absolute atomic E-state index is 12.8. The number of nitrogens with zero attached hydrogens (tertiary/aromatic N) is 2. The van der Waals surface area contributed by atoms with E-state index in [-0.39, 0.29) is 48.7 Å². The average molecular weight is 367 g/mol. The van der Waals surface area contributed by atoms with Crippen LogP contribution in [0, 0.1) is 10.1 Å². The minimum absolute atomic E-state index is 0.0729. The van der Waals surface area contributed by atoms with Crippen molar-refractivity contribution in [1.82, 2.24) is 10.2 Å². The molecule has 9 heteroatoms. The van der Waals surface area contributed by atoms with E-state index in [9.17, 15) is 19.7 Å². The summed E-state index contributed by atoms with van der Waals surface area (Å²) in [5.74, 6) is -0.572. The number of carbonyl (C=O) groups excluding carboxylic acids is 2. The third kappa shape index (κ3) is 5.33. The molecule has 0 bridgehead atoms. The number of likely N-dealkylation sites (N-methyl/N-ethyl adjacent to an activating group) is 1. The molecule has 1 aromatic carbocycles. The van der Waals surface area contributed by atoms with E-state index in [1.165, 1.54) is 18.1 Å². The fourth-order valence-corrected chi connectivity index (χ4v) is 2.34. The van der Waals surface area contributed by atoms with E-state index < -0.39 is 16.5 Å². The summed E-state index contributed by atoms with van der Waals surface area (Å²) in [5, 5.41) is 14.1. The van der Waals surface area contributed by atoms with Gasteiger partial charge in [-0.05, 0) is 27.7 Å². The summed E-state index contributed by atoms with van der Waals surface area (Å²) < 4.78 is 10.5. The lowest BCUT2D eigenvalue weighted by Gasteiger charge is -2.21. The Morgan fingerprint density at radius 1 is 1.27 bits per heavy atom. The van der Waals surface area contributed by atoms with E-state index in [2.05, 4.69) is 5.32 Å². The summed E-state index contributed by atoms with van der Waals surface area (Å²) in [6.45, 7) is 7.35. The molecule has 0 aliphatic carbocycles. The summed E-state index contributed by atoms with van der Waals surface area (Å²) in [7, 11) is 1.38. The van der Waals surface area contributed by atoms with Gasteiger partial charge in [-0.3, -0.25) is 19.7 Å². The zero-order valence-corrected chi connectivity index (χ0v) is 15.7. The highest BCUT2D eigenvalue weighted by Gasteiger charge is 2.28. The van der Waals surface area contributed by atoms with Crippen molar-refractivity contribution in [2.24, 2.45) is 0 Å². The lowest BCUT2D eigenvalue weighted by Crippen LogP contribution is -2.42. The van der Waals surface area contributed by atoms with Gasteiger partial charge in [0, 0.05) is 18.7 Å². The first-order valence-electron chi connectivity index (χ1n) is 8.32. The molecule has 0 unspecified atom stereocenters. The molecule has 0 aromatic heterocycles. The second-order valence-corrected chi connectivity index (χ2v) is 5.75. The largest absolute Gasteiger partial charge is 0.493 e. The number of ether oxygens (including phenoxy) is 2. The highest BCUT2D eigenvalue weighted by molar-refractivity contribution is 6.00. The summed E-state index contributed by atoms with van der Waals surface area (Å²) in [6, 6.07) is 2.36. The molecule has 1 aromatic rings. The highest BCUT2D eigenvalue weighted by atomic mass is 16.6. The molecule has 0 spiro atoms. The Labute approximate surface area is 152 Å². The monoisotopic (exact) mass is 367 g/mol. The predicted octanol–water partition coefficient (Wildman–Crippen LogP) is 1.99. The van der Waals surface area contributed by atoms with Crippen molar-refractivity contribution in [2.75, 3.05) is 26.8 Å². The van der Waals surface area contributed by atoms with Crippen LogP contribution in [0.2, 0.25) is 0 Å². The van der Waals surface area contributed by atoms with Crippen LogP contribution < -0.4 is 14.8 Å². The first kappa shape index (κ1) is 21.2. The number of hydrogen-bond acceptors (Lipinski definition) is 6. The summed E-state index contributed by atoms with van der Waals surface area (Å²) in [4.78, 5) is 36.8. The van der Waals surface area contributed by atoms with Crippen molar-refractivity contribution >= 4 is 17.5 Å². The topological polar surface area (TPSA) is 111 Å². The molecule has 0 saturated heterocycles. The summed E-state index contributed by atoms with van der Waals surface area (Å²) >= 11 is 0. The van der Waals surface area contributed by atoms with Gasteiger partial charge in [0.05, 0.1) is 31.3 Å². The quantitative estimate of drug-likeness (QED) is 0.528. The number of rotatable bonds is 9. The van der Waals surface area contributed by atoms with Crippen LogP contribution in [-0.4, -0.2) is 54.5 Å². The second-order valence-electron chi connectivity index (χ2n) is 5.75. The molecule has 0 aliphatic heterocycles. The Morgan fingerprint density at radius 2 is 1.92 bits per heavy atom. The van der Waals surface area contributed by atoms with Gasteiger partial charge in [-0.1, -0.05) is 0 Å². The zero-order chi connectivity index (χ0) is 19.9. The lowest BCUT2D eigenvalue weighted by atomic mass is 10.1. The molecule has 144 valence electrons. The zero-order valence-electron chi connectivity index (χ0n) is 15.7. The van der Waals surface area contributed by atoms with Crippen LogP contribution >= 0.6 is 0 Å². The Hall–Kier alpha value is -2.84. The molecule has 1 N–H and O–H groups in total. The molecule has 0 atom stereocenters. The smallest absolute Gasteiger partial charge is 0.286 e. The van der Waals surface area contributed by atoms with Crippen molar-refractivity contribution in [1.29, 1.82) is 0 Å². The van der Waals surface area contributed by atoms with Gasteiger partial charge < -0.3 is 19.7 Å². The minimum atomic E-state index is -0.656. The number of methoxy groups -OCH3 is 1. The van der Waals surface area contributed by atoms with Crippen molar-refractivity contribution in [3.63, 3.8) is 0 Å². The molecule has 0 heterocycles. The maximum Gasteiger partial charge on any atom is 0.286 e. The first-order valence-corrected chi connectivity index (χ1v) is 8.32. The lowest BCUT2D eigenvalue weighted by molar-refractivity contribution is -0.385. The molecule has 0 radical (unpaired) electrons. The third-order valence-corrected chi connectivity index (χ3v) is 3.46. The Bertz CT molecular complexity index is 675. The molecule has 0 saturated carbocycles. The van der Waals surface area contributed by atoms with Crippen LogP contribution in [0.4, 0.5) is 5.69 Å². The van der Waals surface area contributed by atoms with Gasteiger partial charge in [0.15, 0.2) is 11.5 Å². The average Bonchev–Trinajstić information content (AvgIpc) is 2.58. The van der Waals surface area contributed by atoms with E-state index in [0.29, 0.717) is 0 Å². The standard InChI is InChI=1S/C17H25N3O6/c1-6-19(10-16(21)18-11(3)4)17(22)12-8-14(25-5)15(26-7-2)9-13(12)20(23)24/h8-9,11H,6-7,10H2,1-5H3,(H,18,21). The SMILES string of the molecule is CCOc1cc([N+](=O)[O-])c(C(=O)N(CC)CC(=O)NC(C)C)cc1OC. The van der Waals surface area contributed by atoms with E-state index in [1.807, 2.05) is 0 Å². The molecule has 2 amide bonds. The van der Waals surface area contributed by atoms with Crippen LogP contribution in [0.25, 0.3) is 0 Å². The molecule has 1 rings (SSSR count). The van der Waals surface area contributed by atoms with Crippen LogP contribution in [0.5, 0.6) is 11.5 Å². The Balaban J connectivity index is 3.26. The van der Waals surface area contributed by atoms with Crippen molar-refractivity contribution in [3.8, 4) is 11.5 Å². The van der Waals surface area contributed by atoms with Gasteiger partial charge in [-0.2, -0.15) is 0 Å². The number of nitrogens with one attached hydrogen (secondary N) is 1. The van der Waals surface area contributed by atoms with Crippen LogP contribution in [0.1, 0.15) is 38.1 Å². The first-order chi connectivity index (χ1) is 12.2. The van der Waals surface area contributed by atoms with E-state index in [4.69, 9.17) is 9.47 Å². The van der Waals surface area contributed by atoms with E-state index in [1.54, 1.807) is 27.7 Å². The molecule has 26 heavy (non-hydrogen) atoms. The normalized spacial score (nSPS) is 10.4. The molecule has 0 fully saturated rings. The number of carbonyl (C=O) groups is 2. The predicted molar refractivity (Wildman–Crippen MR) is 95.7 cm³/mol. The van der Waals surface area contributed by atoms with E-state index >= 15 is 0 Å². The number of nitro groups is 1. The van der Waals surface area contributed by atoms with Crippen molar-refractivity contribution < 1.29 is 24.0 Å². The van der Waals surface area contributed by atoms with Gasteiger partial charge in [0.25, 0.3) is 11.6 Å². The number of hydrogen-bond donors (Lipinski definition) is 1. The van der Waals surface area contributed by atoms with Crippen LogP contribution in [0.15, 0.2) is 12.1 Å². The fraction of sp³-hybridized carbons (Fsp3) is 0.529. The highest BCUT2D eigenvalue weighted by Crippen LogP contribution is 2.35. The van der Waals surface area contributed by atoms with E-state index in [0.717, 1.165) is 6.07 Å². The number of nitro benzene ring substituents is 1. The number of benzene rings is 1. The van der Waals surface area contributed by atoms with Gasteiger partial charge >= 0.3 is 0 Å². The molecular formula is C17H25N3O6. The number of amides is 2. The van der Waals surface area contributed by atoms with Crippen LogP contribution in [0.3, 0.4) is 0 Å². The summed E-state index contributed by atoms with van der Waals surface area (Å²) in [6.07, 6.45) is 0. The van der Waals surface area contributed by atoms with Crippen molar-refractivity contribution in [3.05, 3.63) is 27.8 Å². The maximum atomic E-state index is 12.8. The second kappa shape index (κ2) is 9.59. The molecule has 0 aliphatic rings.